The number of allylic oxidation sites excluding steroid dienone is 8. The first-order chi connectivity index (χ1) is 6.97. The second-order valence-corrected chi connectivity index (χ2v) is 2.65. The maximum Gasteiger partial charge on any atom is -0.00915 e. The minimum atomic E-state index is 1.13. The van der Waals surface area contributed by atoms with Crippen molar-refractivity contribution in [1.82, 2.24) is 0 Å². The molecule has 0 amide bonds. The third-order valence-corrected chi connectivity index (χ3v) is 1.95. The molecule has 2 rings (SSSR count). The summed E-state index contributed by atoms with van der Waals surface area (Å²) in [5, 5.41) is 0. The van der Waals surface area contributed by atoms with Gasteiger partial charge in [0.25, 0.3) is 0 Å². The van der Waals surface area contributed by atoms with Crippen LogP contribution >= 0.6 is 0 Å². The lowest BCUT2D eigenvalue weighted by molar-refractivity contribution is 1.18. The van der Waals surface area contributed by atoms with E-state index in [2.05, 4.69) is 36.5 Å². The second kappa shape index (κ2) is 8.55. The Balaban J connectivity index is 0.000000379. The van der Waals surface area contributed by atoms with Crippen LogP contribution in [-0.4, -0.2) is 0 Å². The van der Waals surface area contributed by atoms with E-state index in [0.717, 1.165) is 12.8 Å². The summed E-state index contributed by atoms with van der Waals surface area (Å²) < 4.78 is 0. The van der Waals surface area contributed by atoms with Crippen molar-refractivity contribution in [1.29, 1.82) is 0 Å². The molecule has 0 N–H and O–H groups in total. The molecule has 0 bridgehead atoms. The Kier molecular flexibility index (Phi) is 7.92. The van der Waals surface area contributed by atoms with Crippen molar-refractivity contribution < 1.29 is 0 Å². The van der Waals surface area contributed by atoms with Crippen LogP contribution in [0.25, 0.3) is 0 Å². The van der Waals surface area contributed by atoms with Crippen LogP contribution in [-0.2, 0) is 0 Å². The number of hydrogen-bond donors (Lipinski definition) is 0. The lowest BCUT2D eigenvalue weighted by atomic mass is 10.1. The predicted octanol–water partition coefficient (Wildman–Crippen LogP) is 4.81. The minimum absolute atomic E-state index is 1.13. The fraction of sp³-hybridized carbons (Fsp3) is 0.429. The summed E-state index contributed by atoms with van der Waals surface area (Å²) in [5.74, 6) is 0. The normalized spacial score (nSPS) is 16.3. The zero-order chi connectivity index (χ0) is 10.8. The van der Waals surface area contributed by atoms with Gasteiger partial charge in [-0.2, -0.15) is 0 Å². The average molecular weight is 190 g/mol. The Morgan fingerprint density at radius 2 is 1.07 bits per heavy atom. The van der Waals surface area contributed by atoms with Crippen molar-refractivity contribution in [2.24, 2.45) is 0 Å². The fourth-order valence-electron chi connectivity index (χ4n) is 1.37. The molecule has 0 aromatic carbocycles. The molecule has 0 fully saturated rings. The van der Waals surface area contributed by atoms with Crippen LogP contribution in [0.2, 0.25) is 0 Å². The molecule has 0 unspecified atom stereocenters. The molecule has 0 aromatic heterocycles. The molecule has 78 valence electrons. The summed E-state index contributed by atoms with van der Waals surface area (Å²) in [6.45, 7) is 8.00. The Labute approximate surface area is 88.7 Å². The molecule has 0 aromatic rings. The lowest BCUT2D eigenvalue weighted by Gasteiger charge is -1.99. The van der Waals surface area contributed by atoms with Crippen LogP contribution in [0.5, 0.6) is 0 Å². The van der Waals surface area contributed by atoms with Crippen molar-refractivity contribution in [3.63, 3.8) is 0 Å². The third kappa shape index (κ3) is 3.78. The molecule has 2 aliphatic rings. The fourth-order valence-corrected chi connectivity index (χ4v) is 1.37. The van der Waals surface area contributed by atoms with Gasteiger partial charge in [0.05, 0.1) is 0 Å². The highest BCUT2D eigenvalue weighted by Crippen LogP contribution is 2.25. The Bertz CT molecular complexity index is 221. The summed E-state index contributed by atoms with van der Waals surface area (Å²) in [4.78, 5) is 0. The van der Waals surface area contributed by atoms with E-state index >= 15 is 0 Å². The topological polar surface area (TPSA) is 0 Å². The van der Waals surface area contributed by atoms with E-state index in [1.807, 2.05) is 27.7 Å². The number of hydrogen-bond acceptors (Lipinski definition) is 0. The third-order valence-electron chi connectivity index (χ3n) is 1.95. The molecule has 0 heteroatoms. The molecule has 0 spiro atoms. The van der Waals surface area contributed by atoms with Gasteiger partial charge in [0.1, 0.15) is 0 Å². The van der Waals surface area contributed by atoms with Crippen molar-refractivity contribution in [3.8, 4) is 0 Å². The van der Waals surface area contributed by atoms with Gasteiger partial charge in [-0.15, -0.1) is 0 Å². The monoisotopic (exact) mass is 190 g/mol. The first kappa shape index (κ1) is 13.0. The zero-order valence-corrected chi connectivity index (χ0v) is 9.88. The minimum Gasteiger partial charge on any atom is -0.0801 e. The van der Waals surface area contributed by atoms with E-state index in [-0.39, 0.29) is 0 Å². The highest BCUT2D eigenvalue weighted by Gasteiger charge is 2.05. The summed E-state index contributed by atoms with van der Waals surface area (Å²) >= 11 is 0. The summed E-state index contributed by atoms with van der Waals surface area (Å²) in [6.07, 6.45) is 15.4. The standard InChI is InChI=1S/C10H10.2C2H6/c1-2-6-9(5-1)10-7-3-4-8-10;2*1-2/h1-5,7H,6,8H2;2*1-2H3. The van der Waals surface area contributed by atoms with Crippen molar-refractivity contribution >= 4 is 0 Å². The van der Waals surface area contributed by atoms with Gasteiger partial charge < -0.3 is 0 Å². The lowest BCUT2D eigenvalue weighted by Crippen LogP contribution is -1.80. The van der Waals surface area contributed by atoms with Crippen molar-refractivity contribution in [2.45, 2.75) is 40.5 Å². The zero-order valence-electron chi connectivity index (χ0n) is 9.88. The molecular formula is C14H22. The summed E-state index contributed by atoms with van der Waals surface area (Å²) in [6, 6.07) is 0. The first-order valence-electron chi connectivity index (χ1n) is 5.68. The van der Waals surface area contributed by atoms with Crippen LogP contribution < -0.4 is 0 Å². The van der Waals surface area contributed by atoms with Crippen LogP contribution in [0.4, 0.5) is 0 Å². The highest BCUT2D eigenvalue weighted by atomic mass is 14.1. The van der Waals surface area contributed by atoms with Gasteiger partial charge in [-0.3, -0.25) is 0 Å². The molecule has 0 saturated heterocycles. The van der Waals surface area contributed by atoms with E-state index < -0.39 is 0 Å². The molecule has 0 radical (unpaired) electrons. The van der Waals surface area contributed by atoms with E-state index in [4.69, 9.17) is 0 Å². The van der Waals surface area contributed by atoms with Crippen LogP contribution in [0.3, 0.4) is 0 Å². The van der Waals surface area contributed by atoms with Crippen LogP contribution in [0.1, 0.15) is 40.5 Å². The SMILES string of the molecule is C1=CCC(C2=CC=CC2)=C1.CC.CC. The molecular weight excluding hydrogens is 168 g/mol. The second-order valence-electron chi connectivity index (χ2n) is 2.65. The van der Waals surface area contributed by atoms with Gasteiger partial charge in [-0.05, 0) is 24.0 Å². The molecule has 0 saturated carbocycles. The Morgan fingerprint density at radius 1 is 0.714 bits per heavy atom. The highest BCUT2D eigenvalue weighted by molar-refractivity contribution is 5.44. The smallest absolute Gasteiger partial charge is 0.00915 e. The van der Waals surface area contributed by atoms with E-state index in [0.29, 0.717) is 0 Å². The maximum atomic E-state index is 2.21. The van der Waals surface area contributed by atoms with Crippen molar-refractivity contribution in [2.75, 3.05) is 0 Å². The Hall–Kier alpha value is -1.04. The van der Waals surface area contributed by atoms with E-state index in [9.17, 15) is 0 Å². The van der Waals surface area contributed by atoms with E-state index in [1.54, 1.807) is 0 Å². The summed E-state index contributed by atoms with van der Waals surface area (Å²) in [7, 11) is 0. The van der Waals surface area contributed by atoms with E-state index in [1.165, 1.54) is 11.1 Å². The molecule has 0 nitrogen and oxygen atoms in total. The molecule has 0 heterocycles. The van der Waals surface area contributed by atoms with Crippen LogP contribution in [0.15, 0.2) is 47.6 Å². The Morgan fingerprint density at radius 3 is 1.29 bits per heavy atom. The predicted molar refractivity (Wildman–Crippen MR) is 66.4 cm³/mol. The van der Waals surface area contributed by atoms with Crippen LogP contribution in [0, 0.1) is 0 Å². The quantitative estimate of drug-likeness (QED) is 0.556. The first-order valence-corrected chi connectivity index (χ1v) is 5.68. The maximum absolute atomic E-state index is 2.21. The van der Waals surface area contributed by atoms with Crippen molar-refractivity contribution in [3.05, 3.63) is 47.6 Å². The molecule has 2 aliphatic carbocycles. The van der Waals surface area contributed by atoms with Gasteiger partial charge in [0, 0.05) is 0 Å². The molecule has 14 heavy (non-hydrogen) atoms. The largest absolute Gasteiger partial charge is 0.0801 e. The van der Waals surface area contributed by atoms with Gasteiger partial charge in [0.2, 0.25) is 0 Å². The van der Waals surface area contributed by atoms with Gasteiger partial charge in [0.15, 0.2) is 0 Å². The summed E-state index contributed by atoms with van der Waals surface area (Å²) in [5.41, 5.74) is 2.98. The molecule has 0 atom stereocenters. The van der Waals surface area contributed by atoms with Gasteiger partial charge in [-0.1, -0.05) is 64.2 Å². The molecule has 0 aliphatic heterocycles. The number of rotatable bonds is 1. The average Bonchev–Trinajstić information content (AvgIpc) is 2.96. The van der Waals surface area contributed by atoms with Gasteiger partial charge in [-0.25, -0.2) is 0 Å². The van der Waals surface area contributed by atoms with Gasteiger partial charge >= 0.3 is 0 Å².